The molecule has 0 heterocycles. The van der Waals surface area contributed by atoms with Crippen LogP contribution < -0.4 is 10.6 Å². The highest BCUT2D eigenvalue weighted by Gasteiger charge is 2.63. The molecule has 9 heteroatoms. The fraction of sp³-hybridized carbons (Fsp3) is 0.385. The number of nitrogens with one attached hydrogen (secondary N) is 2. The molecule has 0 aliphatic carbocycles. The molecule has 1 rings (SSSR count). The zero-order valence-electron chi connectivity index (χ0n) is 11.2. The summed E-state index contributed by atoms with van der Waals surface area (Å²) in [6.45, 7) is -0.398. The summed E-state index contributed by atoms with van der Waals surface area (Å²) < 4.78 is 60.8. The van der Waals surface area contributed by atoms with E-state index < -0.39 is 30.5 Å². The van der Waals surface area contributed by atoms with E-state index >= 15 is 0 Å². The minimum absolute atomic E-state index is 0.0122. The first-order chi connectivity index (χ1) is 10.2. The number of halogens is 5. The van der Waals surface area contributed by atoms with Crippen molar-refractivity contribution in [1.29, 1.82) is 0 Å². The molecule has 4 nitrogen and oxygen atoms in total. The van der Waals surface area contributed by atoms with Crippen LogP contribution in [0.15, 0.2) is 30.3 Å². The van der Waals surface area contributed by atoms with Crippen molar-refractivity contribution >= 4 is 11.8 Å². The molecule has 0 aromatic heterocycles. The summed E-state index contributed by atoms with van der Waals surface area (Å²) >= 11 is 0. The van der Waals surface area contributed by atoms with E-state index in [1.165, 1.54) is 5.32 Å². The summed E-state index contributed by atoms with van der Waals surface area (Å²) in [7, 11) is 0. The molecule has 0 unspecified atom stereocenters. The summed E-state index contributed by atoms with van der Waals surface area (Å²) in [5.74, 6) is -8.25. The number of amides is 2. The van der Waals surface area contributed by atoms with Crippen LogP contribution in [0.5, 0.6) is 0 Å². The fourth-order valence-electron chi connectivity index (χ4n) is 1.42. The molecule has 2 amide bonds. The smallest absolute Gasteiger partial charge is 0.352 e. The Labute approximate surface area is 122 Å². The molecule has 0 saturated heterocycles. The Morgan fingerprint density at radius 1 is 0.909 bits per heavy atom. The summed E-state index contributed by atoms with van der Waals surface area (Å²) in [6, 6.07) is 8.12. The van der Waals surface area contributed by atoms with Crippen LogP contribution in [0.4, 0.5) is 22.0 Å². The first kappa shape index (κ1) is 17.9. The molecule has 1 aromatic carbocycles. The third-order valence-corrected chi connectivity index (χ3v) is 2.60. The molecule has 22 heavy (non-hydrogen) atoms. The number of rotatable bonds is 6. The van der Waals surface area contributed by atoms with Crippen molar-refractivity contribution < 1.29 is 31.5 Å². The highest BCUT2D eigenvalue weighted by Crippen LogP contribution is 2.35. The first-order valence-corrected chi connectivity index (χ1v) is 6.22. The van der Waals surface area contributed by atoms with Crippen LogP contribution in [-0.4, -0.2) is 37.0 Å². The molecule has 0 aliphatic heterocycles. The normalized spacial score (nSPS) is 11.9. The van der Waals surface area contributed by atoms with Crippen LogP contribution in [0, 0.1) is 0 Å². The number of hydrogen-bond acceptors (Lipinski definition) is 2. The van der Waals surface area contributed by atoms with Crippen molar-refractivity contribution in [2.75, 3.05) is 13.1 Å². The van der Waals surface area contributed by atoms with Crippen LogP contribution in [0.25, 0.3) is 0 Å². The van der Waals surface area contributed by atoms with Crippen LogP contribution in [-0.2, 0) is 4.79 Å². The lowest BCUT2D eigenvalue weighted by atomic mass is 10.2. The molecule has 0 atom stereocenters. The zero-order chi connectivity index (χ0) is 16.8. The van der Waals surface area contributed by atoms with Gasteiger partial charge in [0.2, 0.25) is 0 Å². The largest absolute Gasteiger partial charge is 0.463 e. The van der Waals surface area contributed by atoms with Gasteiger partial charge in [-0.15, -0.1) is 0 Å². The molecule has 1 aromatic rings. The Hall–Kier alpha value is -2.19. The van der Waals surface area contributed by atoms with E-state index in [0.29, 0.717) is 5.56 Å². The van der Waals surface area contributed by atoms with E-state index in [-0.39, 0.29) is 13.0 Å². The van der Waals surface area contributed by atoms with Crippen molar-refractivity contribution in [3.8, 4) is 0 Å². The summed E-state index contributed by atoms with van der Waals surface area (Å²) in [6.07, 6.45) is -5.92. The maximum absolute atomic E-state index is 12.6. The summed E-state index contributed by atoms with van der Waals surface area (Å²) in [5.41, 5.74) is 0.384. The van der Waals surface area contributed by atoms with Crippen molar-refractivity contribution in [2.45, 2.75) is 18.5 Å². The SMILES string of the molecule is O=C(NCCCNC(=O)C(F)(F)C(F)(F)F)c1ccccc1. The van der Waals surface area contributed by atoms with E-state index in [1.54, 1.807) is 30.3 Å². The Balaban J connectivity index is 2.29. The minimum atomic E-state index is -5.93. The van der Waals surface area contributed by atoms with Gasteiger partial charge in [-0.05, 0) is 18.6 Å². The maximum atomic E-state index is 12.6. The monoisotopic (exact) mass is 324 g/mol. The van der Waals surface area contributed by atoms with Gasteiger partial charge in [-0.3, -0.25) is 9.59 Å². The fourth-order valence-corrected chi connectivity index (χ4v) is 1.42. The predicted molar refractivity (Wildman–Crippen MR) is 67.4 cm³/mol. The van der Waals surface area contributed by atoms with Gasteiger partial charge in [-0.25, -0.2) is 0 Å². The van der Waals surface area contributed by atoms with E-state index in [9.17, 15) is 31.5 Å². The third kappa shape index (κ3) is 4.68. The maximum Gasteiger partial charge on any atom is 0.463 e. The standard InChI is InChI=1S/C13H13F5N2O2/c14-12(15,13(16,17)18)11(22)20-8-4-7-19-10(21)9-5-2-1-3-6-9/h1-3,5-6H,4,7-8H2,(H,19,21)(H,20,22). The van der Waals surface area contributed by atoms with Crippen LogP contribution in [0.3, 0.4) is 0 Å². The number of benzene rings is 1. The van der Waals surface area contributed by atoms with Crippen molar-refractivity contribution in [1.82, 2.24) is 10.6 Å². The molecule has 0 aliphatic rings. The highest BCUT2D eigenvalue weighted by molar-refractivity contribution is 5.94. The van der Waals surface area contributed by atoms with E-state index in [2.05, 4.69) is 5.32 Å². The average molecular weight is 324 g/mol. The van der Waals surface area contributed by atoms with Crippen molar-refractivity contribution in [3.63, 3.8) is 0 Å². The van der Waals surface area contributed by atoms with Gasteiger partial charge < -0.3 is 10.6 Å². The first-order valence-electron chi connectivity index (χ1n) is 6.22. The van der Waals surface area contributed by atoms with E-state index in [1.807, 2.05) is 0 Å². The Morgan fingerprint density at radius 2 is 1.45 bits per heavy atom. The number of hydrogen-bond donors (Lipinski definition) is 2. The second-order valence-electron chi connectivity index (χ2n) is 4.30. The zero-order valence-corrected chi connectivity index (χ0v) is 11.2. The van der Waals surface area contributed by atoms with E-state index in [4.69, 9.17) is 0 Å². The van der Waals surface area contributed by atoms with Gasteiger partial charge in [0.1, 0.15) is 0 Å². The molecule has 122 valence electrons. The highest BCUT2D eigenvalue weighted by atomic mass is 19.4. The molecule has 0 fully saturated rings. The quantitative estimate of drug-likeness (QED) is 0.622. The second kappa shape index (κ2) is 7.19. The molecule has 0 spiro atoms. The van der Waals surface area contributed by atoms with Crippen LogP contribution in [0.2, 0.25) is 0 Å². The molecular weight excluding hydrogens is 311 g/mol. The molecule has 0 radical (unpaired) electrons. The minimum Gasteiger partial charge on any atom is -0.352 e. The summed E-state index contributed by atoms with van der Waals surface area (Å²) in [4.78, 5) is 22.3. The average Bonchev–Trinajstić information content (AvgIpc) is 2.46. The van der Waals surface area contributed by atoms with Crippen molar-refractivity contribution in [3.05, 3.63) is 35.9 Å². The van der Waals surface area contributed by atoms with Gasteiger partial charge >= 0.3 is 12.1 Å². The Bertz CT molecular complexity index is 517. The van der Waals surface area contributed by atoms with Gasteiger partial charge in [0, 0.05) is 18.7 Å². The third-order valence-electron chi connectivity index (χ3n) is 2.60. The molecule has 0 bridgehead atoms. The topological polar surface area (TPSA) is 58.2 Å². The molecule has 0 saturated carbocycles. The molecular formula is C13H13F5N2O2. The Morgan fingerprint density at radius 3 is 2.00 bits per heavy atom. The van der Waals surface area contributed by atoms with Gasteiger partial charge in [0.05, 0.1) is 0 Å². The summed E-state index contributed by atoms with van der Waals surface area (Å²) in [5, 5.41) is 3.92. The van der Waals surface area contributed by atoms with Gasteiger partial charge in [-0.2, -0.15) is 22.0 Å². The van der Waals surface area contributed by atoms with Gasteiger partial charge in [0.25, 0.3) is 11.8 Å². The van der Waals surface area contributed by atoms with Gasteiger partial charge in [0.15, 0.2) is 0 Å². The van der Waals surface area contributed by atoms with Crippen LogP contribution >= 0.6 is 0 Å². The van der Waals surface area contributed by atoms with Crippen LogP contribution in [0.1, 0.15) is 16.8 Å². The lowest BCUT2D eigenvalue weighted by Crippen LogP contribution is -2.50. The number of alkyl halides is 5. The van der Waals surface area contributed by atoms with Gasteiger partial charge in [-0.1, -0.05) is 18.2 Å². The predicted octanol–water partition coefficient (Wildman–Crippen LogP) is 2.12. The Kier molecular flexibility index (Phi) is 5.84. The number of carbonyl (C=O) groups is 2. The lowest BCUT2D eigenvalue weighted by molar-refractivity contribution is -0.269. The van der Waals surface area contributed by atoms with E-state index in [0.717, 1.165) is 0 Å². The second-order valence-corrected chi connectivity index (χ2v) is 4.30. The molecule has 2 N–H and O–H groups in total. The van der Waals surface area contributed by atoms with Crippen molar-refractivity contribution in [2.24, 2.45) is 0 Å². The number of carbonyl (C=O) groups excluding carboxylic acids is 2. The lowest BCUT2D eigenvalue weighted by Gasteiger charge is -2.18.